The van der Waals surface area contributed by atoms with E-state index in [9.17, 15) is 9.59 Å². The van der Waals surface area contributed by atoms with Crippen LogP contribution in [0.4, 0.5) is 5.69 Å². The molecular formula is C15H12ClNO3. The number of hydrogen-bond acceptors (Lipinski definition) is 3. The molecule has 4 nitrogen and oxygen atoms in total. The first kappa shape index (κ1) is 14.1. The Hall–Kier alpha value is -2.33. The molecule has 0 bridgehead atoms. The highest BCUT2D eigenvalue weighted by Crippen LogP contribution is 2.15. The van der Waals surface area contributed by atoms with Gasteiger partial charge < -0.3 is 10.1 Å². The third-order valence-corrected chi connectivity index (χ3v) is 2.90. The SMILES string of the molecule is COC(=O)c1cccc(C(=O)Nc2ccc(Cl)cc2)c1. The molecule has 102 valence electrons. The van der Waals surface area contributed by atoms with Crippen LogP contribution in [0.5, 0.6) is 0 Å². The number of rotatable bonds is 3. The van der Waals surface area contributed by atoms with Crippen LogP contribution in [0.2, 0.25) is 5.02 Å². The van der Waals surface area contributed by atoms with E-state index in [1.54, 1.807) is 42.5 Å². The topological polar surface area (TPSA) is 55.4 Å². The molecule has 0 aliphatic rings. The summed E-state index contributed by atoms with van der Waals surface area (Å²) >= 11 is 5.77. The van der Waals surface area contributed by atoms with E-state index in [1.165, 1.54) is 13.2 Å². The first-order chi connectivity index (χ1) is 9.60. The summed E-state index contributed by atoms with van der Waals surface area (Å²) in [6.07, 6.45) is 0. The fraction of sp³-hybridized carbons (Fsp3) is 0.0667. The van der Waals surface area contributed by atoms with Gasteiger partial charge in [-0.2, -0.15) is 0 Å². The van der Waals surface area contributed by atoms with Gasteiger partial charge >= 0.3 is 5.97 Å². The van der Waals surface area contributed by atoms with Gasteiger partial charge in [0.2, 0.25) is 0 Å². The van der Waals surface area contributed by atoms with Crippen molar-refractivity contribution in [3.63, 3.8) is 0 Å². The summed E-state index contributed by atoms with van der Waals surface area (Å²) in [5.41, 5.74) is 1.34. The second kappa shape index (κ2) is 6.21. The van der Waals surface area contributed by atoms with Crippen LogP contribution in [0.25, 0.3) is 0 Å². The van der Waals surface area contributed by atoms with Crippen LogP contribution in [0.15, 0.2) is 48.5 Å². The van der Waals surface area contributed by atoms with E-state index in [1.807, 2.05) is 0 Å². The van der Waals surface area contributed by atoms with Gasteiger partial charge in [-0.05, 0) is 42.5 Å². The van der Waals surface area contributed by atoms with Gasteiger partial charge in [0, 0.05) is 16.3 Å². The van der Waals surface area contributed by atoms with Crippen molar-refractivity contribution in [1.82, 2.24) is 0 Å². The van der Waals surface area contributed by atoms with E-state index < -0.39 is 5.97 Å². The molecule has 1 amide bonds. The zero-order valence-corrected chi connectivity index (χ0v) is 11.5. The molecule has 0 aliphatic heterocycles. The van der Waals surface area contributed by atoms with Gasteiger partial charge in [-0.3, -0.25) is 4.79 Å². The lowest BCUT2D eigenvalue weighted by molar-refractivity contribution is 0.0600. The highest BCUT2D eigenvalue weighted by molar-refractivity contribution is 6.30. The third kappa shape index (κ3) is 3.36. The zero-order chi connectivity index (χ0) is 14.5. The molecular weight excluding hydrogens is 278 g/mol. The molecule has 0 saturated carbocycles. The molecule has 0 radical (unpaired) electrons. The van der Waals surface area contributed by atoms with Gasteiger partial charge in [0.25, 0.3) is 5.91 Å². The van der Waals surface area contributed by atoms with Gasteiger partial charge in [-0.25, -0.2) is 4.79 Å². The van der Waals surface area contributed by atoms with Crippen LogP contribution in [0.3, 0.4) is 0 Å². The molecule has 2 aromatic carbocycles. The highest BCUT2D eigenvalue weighted by atomic mass is 35.5. The van der Waals surface area contributed by atoms with E-state index in [-0.39, 0.29) is 5.91 Å². The van der Waals surface area contributed by atoms with Gasteiger partial charge in [0.15, 0.2) is 0 Å². The van der Waals surface area contributed by atoms with Crippen LogP contribution in [0.1, 0.15) is 20.7 Å². The first-order valence-corrected chi connectivity index (χ1v) is 6.23. The molecule has 0 aliphatic carbocycles. The van der Waals surface area contributed by atoms with Crippen LogP contribution in [0, 0.1) is 0 Å². The van der Waals surface area contributed by atoms with Crippen molar-refractivity contribution >= 4 is 29.2 Å². The largest absolute Gasteiger partial charge is 0.465 e. The summed E-state index contributed by atoms with van der Waals surface area (Å²) < 4.78 is 4.62. The number of ether oxygens (including phenoxy) is 1. The van der Waals surface area contributed by atoms with Crippen molar-refractivity contribution in [2.75, 3.05) is 12.4 Å². The average molecular weight is 290 g/mol. The van der Waals surface area contributed by atoms with E-state index in [4.69, 9.17) is 11.6 Å². The molecule has 5 heteroatoms. The van der Waals surface area contributed by atoms with E-state index >= 15 is 0 Å². The lowest BCUT2D eigenvalue weighted by Gasteiger charge is -2.06. The van der Waals surface area contributed by atoms with Crippen LogP contribution in [-0.2, 0) is 4.74 Å². The number of amides is 1. The van der Waals surface area contributed by atoms with Gasteiger partial charge in [-0.1, -0.05) is 17.7 Å². The maximum Gasteiger partial charge on any atom is 0.337 e. The molecule has 2 rings (SSSR count). The summed E-state index contributed by atoms with van der Waals surface area (Å²) in [5, 5.41) is 3.31. The lowest BCUT2D eigenvalue weighted by atomic mass is 10.1. The minimum Gasteiger partial charge on any atom is -0.465 e. The van der Waals surface area contributed by atoms with Crippen molar-refractivity contribution in [2.45, 2.75) is 0 Å². The zero-order valence-electron chi connectivity index (χ0n) is 10.7. The fourth-order valence-electron chi connectivity index (χ4n) is 1.64. The Bertz CT molecular complexity index is 638. The monoisotopic (exact) mass is 289 g/mol. The van der Waals surface area contributed by atoms with Gasteiger partial charge in [0.05, 0.1) is 12.7 Å². The molecule has 0 aromatic heterocycles. The molecule has 0 saturated heterocycles. The molecule has 0 unspecified atom stereocenters. The Kier molecular flexibility index (Phi) is 4.38. The standard InChI is InChI=1S/C15H12ClNO3/c1-20-15(19)11-4-2-3-10(9-11)14(18)17-13-7-5-12(16)6-8-13/h2-9H,1H3,(H,17,18). The summed E-state index contributed by atoms with van der Waals surface area (Å²) in [6.45, 7) is 0. The summed E-state index contributed by atoms with van der Waals surface area (Å²) in [6, 6.07) is 13.1. The van der Waals surface area contributed by atoms with E-state index in [2.05, 4.69) is 10.1 Å². The Morgan fingerprint density at radius 3 is 2.35 bits per heavy atom. The summed E-state index contributed by atoms with van der Waals surface area (Å²) in [7, 11) is 1.29. The second-order valence-corrected chi connectivity index (χ2v) is 4.47. The Morgan fingerprint density at radius 2 is 1.70 bits per heavy atom. The second-order valence-electron chi connectivity index (χ2n) is 4.03. The molecule has 1 N–H and O–H groups in total. The maximum absolute atomic E-state index is 12.1. The number of carbonyl (C=O) groups is 2. The van der Waals surface area contributed by atoms with Crippen molar-refractivity contribution in [3.8, 4) is 0 Å². The number of methoxy groups -OCH3 is 1. The Labute approximate surface area is 121 Å². The van der Waals surface area contributed by atoms with Gasteiger partial charge in [0.1, 0.15) is 0 Å². The third-order valence-electron chi connectivity index (χ3n) is 2.65. The smallest absolute Gasteiger partial charge is 0.337 e. The number of nitrogens with one attached hydrogen (secondary N) is 1. The molecule has 0 fully saturated rings. The van der Waals surface area contributed by atoms with E-state index in [0.29, 0.717) is 21.8 Å². The Morgan fingerprint density at radius 1 is 1.05 bits per heavy atom. The normalized spacial score (nSPS) is 9.90. The van der Waals surface area contributed by atoms with Crippen LogP contribution >= 0.6 is 11.6 Å². The number of benzene rings is 2. The predicted molar refractivity (Wildman–Crippen MR) is 77.2 cm³/mol. The quantitative estimate of drug-likeness (QED) is 0.881. The highest BCUT2D eigenvalue weighted by Gasteiger charge is 2.10. The minimum atomic E-state index is -0.480. The molecule has 0 atom stereocenters. The lowest BCUT2D eigenvalue weighted by Crippen LogP contribution is -2.13. The number of esters is 1. The number of anilines is 1. The molecule has 20 heavy (non-hydrogen) atoms. The van der Waals surface area contributed by atoms with Crippen LogP contribution < -0.4 is 5.32 Å². The minimum absolute atomic E-state index is 0.307. The summed E-state index contributed by atoms with van der Waals surface area (Å²) in [4.78, 5) is 23.5. The molecule has 0 spiro atoms. The maximum atomic E-state index is 12.1. The van der Waals surface area contributed by atoms with Crippen LogP contribution in [-0.4, -0.2) is 19.0 Å². The average Bonchev–Trinajstić information content (AvgIpc) is 2.49. The molecule has 2 aromatic rings. The number of halogens is 1. The van der Waals surface area contributed by atoms with Crippen molar-refractivity contribution < 1.29 is 14.3 Å². The number of carbonyl (C=O) groups excluding carboxylic acids is 2. The van der Waals surface area contributed by atoms with E-state index in [0.717, 1.165) is 0 Å². The van der Waals surface area contributed by atoms with Crippen molar-refractivity contribution in [2.24, 2.45) is 0 Å². The Balaban J connectivity index is 2.17. The fourth-order valence-corrected chi connectivity index (χ4v) is 1.77. The summed E-state index contributed by atoms with van der Waals surface area (Å²) in [5.74, 6) is -0.788. The van der Waals surface area contributed by atoms with Crippen molar-refractivity contribution in [1.29, 1.82) is 0 Å². The number of hydrogen-bond donors (Lipinski definition) is 1. The first-order valence-electron chi connectivity index (χ1n) is 5.85. The molecule has 0 heterocycles. The van der Waals surface area contributed by atoms with Gasteiger partial charge in [-0.15, -0.1) is 0 Å². The predicted octanol–water partition coefficient (Wildman–Crippen LogP) is 3.38. The van der Waals surface area contributed by atoms with Crippen molar-refractivity contribution in [3.05, 3.63) is 64.7 Å².